The fourth-order valence-electron chi connectivity index (χ4n) is 3.88. The molecule has 0 spiro atoms. The number of hydrogen-bond acceptors (Lipinski definition) is 3. The number of nitrogens with zero attached hydrogens (tertiary/aromatic N) is 1. The van der Waals surface area contributed by atoms with Crippen LogP contribution in [0.25, 0.3) is 0 Å². The molecule has 0 saturated carbocycles. The first kappa shape index (κ1) is 11.9. The van der Waals surface area contributed by atoms with Gasteiger partial charge in [-0.15, -0.1) is 0 Å². The summed E-state index contributed by atoms with van der Waals surface area (Å²) in [5.74, 6) is 0.886. The first-order valence-corrected chi connectivity index (χ1v) is 7.33. The van der Waals surface area contributed by atoms with Crippen molar-refractivity contribution >= 4 is 0 Å². The van der Waals surface area contributed by atoms with E-state index in [9.17, 15) is 0 Å². The van der Waals surface area contributed by atoms with Crippen molar-refractivity contribution in [3.05, 3.63) is 0 Å². The van der Waals surface area contributed by atoms with Crippen LogP contribution in [0.3, 0.4) is 0 Å². The number of hydrogen-bond donors (Lipinski definition) is 0. The second-order valence-electron chi connectivity index (χ2n) is 5.92. The SMILES string of the molecule is C[C@H]1CC[C@@H](CC2OCCO2)N2CCCC[C@@H]12. The Hall–Kier alpha value is -0.120. The van der Waals surface area contributed by atoms with Gasteiger partial charge < -0.3 is 9.47 Å². The van der Waals surface area contributed by atoms with E-state index in [4.69, 9.17) is 9.47 Å². The van der Waals surface area contributed by atoms with E-state index in [0.29, 0.717) is 6.04 Å². The van der Waals surface area contributed by atoms with Crippen LogP contribution in [0.4, 0.5) is 0 Å². The third-order valence-electron chi connectivity index (χ3n) is 4.83. The summed E-state index contributed by atoms with van der Waals surface area (Å²) in [7, 11) is 0. The zero-order valence-corrected chi connectivity index (χ0v) is 10.9. The Morgan fingerprint density at radius 3 is 2.71 bits per heavy atom. The van der Waals surface area contributed by atoms with Crippen LogP contribution < -0.4 is 0 Å². The molecule has 3 heteroatoms. The highest BCUT2D eigenvalue weighted by atomic mass is 16.7. The lowest BCUT2D eigenvalue weighted by atomic mass is 9.81. The van der Waals surface area contributed by atoms with Gasteiger partial charge in [-0.1, -0.05) is 13.3 Å². The molecule has 3 atom stereocenters. The zero-order valence-electron chi connectivity index (χ0n) is 10.9. The number of piperidine rings is 2. The van der Waals surface area contributed by atoms with Gasteiger partial charge in [0.25, 0.3) is 0 Å². The van der Waals surface area contributed by atoms with Crippen molar-refractivity contribution in [2.45, 2.75) is 63.8 Å². The number of rotatable bonds is 2. The van der Waals surface area contributed by atoms with E-state index in [-0.39, 0.29) is 6.29 Å². The van der Waals surface area contributed by atoms with Crippen LogP contribution in [0.5, 0.6) is 0 Å². The van der Waals surface area contributed by atoms with Gasteiger partial charge in [-0.25, -0.2) is 0 Å². The monoisotopic (exact) mass is 239 g/mol. The van der Waals surface area contributed by atoms with E-state index in [0.717, 1.165) is 31.6 Å². The summed E-state index contributed by atoms with van der Waals surface area (Å²) >= 11 is 0. The third kappa shape index (κ3) is 2.51. The Bertz CT molecular complexity index is 253. The molecular formula is C14H25NO2. The van der Waals surface area contributed by atoms with Gasteiger partial charge in [0, 0.05) is 18.5 Å². The van der Waals surface area contributed by atoms with E-state index in [2.05, 4.69) is 11.8 Å². The van der Waals surface area contributed by atoms with Gasteiger partial charge in [0.15, 0.2) is 6.29 Å². The minimum absolute atomic E-state index is 0.0796. The van der Waals surface area contributed by atoms with Crippen molar-refractivity contribution < 1.29 is 9.47 Å². The summed E-state index contributed by atoms with van der Waals surface area (Å²) in [5, 5.41) is 0. The molecule has 3 nitrogen and oxygen atoms in total. The molecule has 0 aliphatic carbocycles. The van der Waals surface area contributed by atoms with Gasteiger partial charge >= 0.3 is 0 Å². The number of fused-ring (bicyclic) bond motifs is 1. The molecule has 0 aromatic rings. The lowest BCUT2D eigenvalue weighted by molar-refractivity contribution is -0.0816. The van der Waals surface area contributed by atoms with Crippen LogP contribution in [0.1, 0.15) is 45.4 Å². The molecule has 3 aliphatic rings. The van der Waals surface area contributed by atoms with Crippen LogP contribution in [-0.2, 0) is 9.47 Å². The average Bonchev–Trinajstić information content (AvgIpc) is 2.86. The van der Waals surface area contributed by atoms with Gasteiger partial charge in [-0.2, -0.15) is 0 Å². The summed E-state index contributed by atoms with van der Waals surface area (Å²) in [6, 6.07) is 1.54. The van der Waals surface area contributed by atoms with Crippen molar-refractivity contribution in [2.75, 3.05) is 19.8 Å². The highest BCUT2D eigenvalue weighted by molar-refractivity contribution is 4.91. The molecule has 0 unspecified atom stereocenters. The highest BCUT2D eigenvalue weighted by Gasteiger charge is 2.37. The summed E-state index contributed by atoms with van der Waals surface area (Å²) in [4.78, 5) is 2.77. The van der Waals surface area contributed by atoms with Gasteiger partial charge in [0.05, 0.1) is 13.2 Å². The lowest BCUT2D eigenvalue weighted by Crippen LogP contribution is -2.53. The van der Waals surface area contributed by atoms with E-state index in [1.54, 1.807) is 0 Å². The van der Waals surface area contributed by atoms with E-state index >= 15 is 0 Å². The molecule has 3 rings (SSSR count). The topological polar surface area (TPSA) is 21.7 Å². The van der Waals surface area contributed by atoms with E-state index in [1.165, 1.54) is 38.6 Å². The Morgan fingerprint density at radius 1 is 1.06 bits per heavy atom. The second kappa shape index (κ2) is 5.25. The first-order valence-electron chi connectivity index (χ1n) is 7.33. The predicted octanol–water partition coefficient (Wildman–Crippen LogP) is 2.40. The maximum absolute atomic E-state index is 5.61. The fraction of sp³-hybridized carbons (Fsp3) is 1.00. The molecule has 17 heavy (non-hydrogen) atoms. The maximum atomic E-state index is 5.61. The second-order valence-corrected chi connectivity index (χ2v) is 5.92. The smallest absolute Gasteiger partial charge is 0.159 e. The van der Waals surface area contributed by atoms with E-state index < -0.39 is 0 Å². The maximum Gasteiger partial charge on any atom is 0.159 e. The van der Waals surface area contributed by atoms with Crippen molar-refractivity contribution in [2.24, 2.45) is 5.92 Å². The molecule has 0 aromatic carbocycles. The number of ether oxygens (including phenoxy) is 2. The van der Waals surface area contributed by atoms with E-state index in [1.807, 2.05) is 0 Å². The van der Waals surface area contributed by atoms with Gasteiger partial charge in [-0.05, 0) is 38.1 Å². The molecule has 0 amide bonds. The zero-order chi connectivity index (χ0) is 11.7. The molecule has 3 aliphatic heterocycles. The van der Waals surface area contributed by atoms with Crippen LogP contribution in [0.15, 0.2) is 0 Å². The molecule has 0 aromatic heterocycles. The first-order chi connectivity index (χ1) is 8.34. The molecule has 0 bridgehead atoms. The van der Waals surface area contributed by atoms with Crippen LogP contribution in [-0.4, -0.2) is 43.0 Å². The van der Waals surface area contributed by atoms with Crippen molar-refractivity contribution in [3.63, 3.8) is 0 Å². The molecule has 0 N–H and O–H groups in total. The van der Waals surface area contributed by atoms with Gasteiger partial charge in [-0.3, -0.25) is 4.90 Å². The summed E-state index contributed by atoms with van der Waals surface area (Å²) in [6.07, 6.45) is 8.10. The Morgan fingerprint density at radius 2 is 1.88 bits per heavy atom. The van der Waals surface area contributed by atoms with Crippen molar-refractivity contribution in [3.8, 4) is 0 Å². The summed E-state index contributed by atoms with van der Waals surface area (Å²) in [5.41, 5.74) is 0. The summed E-state index contributed by atoms with van der Waals surface area (Å²) < 4.78 is 11.2. The third-order valence-corrected chi connectivity index (χ3v) is 4.83. The minimum atomic E-state index is 0.0796. The average molecular weight is 239 g/mol. The van der Waals surface area contributed by atoms with Crippen LogP contribution in [0.2, 0.25) is 0 Å². The Labute approximate surface area is 104 Å². The molecule has 0 radical (unpaired) electrons. The van der Waals surface area contributed by atoms with Gasteiger partial charge in [0.2, 0.25) is 0 Å². The minimum Gasteiger partial charge on any atom is -0.350 e. The molecule has 98 valence electrons. The lowest BCUT2D eigenvalue weighted by Gasteiger charge is -2.48. The largest absolute Gasteiger partial charge is 0.350 e. The molecule has 3 saturated heterocycles. The molecular weight excluding hydrogens is 214 g/mol. The van der Waals surface area contributed by atoms with Crippen LogP contribution >= 0.6 is 0 Å². The standard InChI is InChI=1S/C14H25NO2/c1-11-5-6-12(10-14-16-8-9-17-14)15-7-3-2-4-13(11)15/h11-14H,2-10H2,1H3/t11-,12-,13-/m0/s1. The molecule has 3 fully saturated rings. The highest BCUT2D eigenvalue weighted by Crippen LogP contribution is 2.36. The Balaban J connectivity index is 1.62. The van der Waals surface area contributed by atoms with Crippen LogP contribution in [0, 0.1) is 5.92 Å². The summed E-state index contributed by atoms with van der Waals surface area (Å²) in [6.45, 7) is 5.31. The molecule has 3 heterocycles. The normalized spacial score (nSPS) is 40.4. The van der Waals surface area contributed by atoms with Gasteiger partial charge in [0.1, 0.15) is 0 Å². The van der Waals surface area contributed by atoms with Crippen molar-refractivity contribution in [1.29, 1.82) is 0 Å². The fourth-order valence-corrected chi connectivity index (χ4v) is 3.88. The predicted molar refractivity (Wildman–Crippen MR) is 66.8 cm³/mol. The quantitative estimate of drug-likeness (QED) is 0.738. The Kier molecular flexibility index (Phi) is 3.69. The van der Waals surface area contributed by atoms with Crippen molar-refractivity contribution in [1.82, 2.24) is 4.90 Å².